The highest BCUT2D eigenvalue weighted by atomic mass is 32.2. The minimum absolute atomic E-state index is 0.650. The van der Waals surface area contributed by atoms with Crippen molar-refractivity contribution in [3.63, 3.8) is 0 Å². The lowest BCUT2D eigenvalue weighted by molar-refractivity contribution is 0.729. The SMILES string of the molecule is C=CCn1c(SCc2cccc3ccccc23)nnc1-c1ccccn1. The lowest BCUT2D eigenvalue weighted by atomic mass is 10.1. The van der Waals surface area contributed by atoms with E-state index in [1.807, 2.05) is 24.3 Å². The van der Waals surface area contributed by atoms with Crippen molar-refractivity contribution in [2.24, 2.45) is 0 Å². The molecule has 0 unspecified atom stereocenters. The van der Waals surface area contributed by atoms with Crippen LogP contribution >= 0.6 is 11.8 Å². The standard InChI is InChI=1S/C21H18N4S/c1-2-14-25-20(19-12-5-6-13-22-19)23-24-21(25)26-15-17-10-7-9-16-8-3-4-11-18(16)17/h2-13H,1,14-15H2. The zero-order valence-corrected chi connectivity index (χ0v) is 15.1. The summed E-state index contributed by atoms with van der Waals surface area (Å²) < 4.78 is 2.06. The summed E-state index contributed by atoms with van der Waals surface area (Å²) >= 11 is 1.68. The van der Waals surface area contributed by atoms with Crippen LogP contribution in [-0.2, 0) is 12.3 Å². The maximum atomic E-state index is 4.40. The van der Waals surface area contributed by atoms with Gasteiger partial charge in [0, 0.05) is 18.5 Å². The number of benzene rings is 2. The third-order valence-corrected chi connectivity index (χ3v) is 5.17. The molecule has 2 aromatic heterocycles. The number of rotatable bonds is 6. The molecule has 4 nitrogen and oxygen atoms in total. The predicted molar refractivity (Wildman–Crippen MR) is 107 cm³/mol. The van der Waals surface area contributed by atoms with Crippen LogP contribution in [0.2, 0.25) is 0 Å². The largest absolute Gasteiger partial charge is 0.297 e. The zero-order chi connectivity index (χ0) is 17.8. The number of fused-ring (bicyclic) bond motifs is 1. The molecule has 0 atom stereocenters. The van der Waals surface area contributed by atoms with Crippen molar-refractivity contribution >= 4 is 22.5 Å². The van der Waals surface area contributed by atoms with E-state index in [0.717, 1.165) is 22.4 Å². The van der Waals surface area contributed by atoms with Crippen molar-refractivity contribution in [3.8, 4) is 11.5 Å². The summed E-state index contributed by atoms with van der Waals surface area (Å²) in [5, 5.41) is 12.2. The van der Waals surface area contributed by atoms with E-state index < -0.39 is 0 Å². The van der Waals surface area contributed by atoms with Gasteiger partial charge in [-0.15, -0.1) is 16.8 Å². The van der Waals surface area contributed by atoms with E-state index in [0.29, 0.717) is 6.54 Å². The summed E-state index contributed by atoms with van der Waals surface area (Å²) in [6.07, 6.45) is 3.63. The molecular formula is C21H18N4S. The van der Waals surface area contributed by atoms with E-state index in [4.69, 9.17) is 0 Å². The Bertz CT molecular complexity index is 1040. The topological polar surface area (TPSA) is 43.6 Å². The lowest BCUT2D eigenvalue weighted by Gasteiger charge is -2.08. The Morgan fingerprint density at radius 3 is 2.65 bits per heavy atom. The molecule has 0 amide bonds. The Morgan fingerprint density at radius 2 is 1.81 bits per heavy atom. The molecule has 0 fully saturated rings. The number of pyridine rings is 1. The summed E-state index contributed by atoms with van der Waals surface area (Å²) in [4.78, 5) is 4.40. The second-order valence-corrected chi connectivity index (χ2v) is 6.79. The third-order valence-electron chi connectivity index (χ3n) is 4.16. The number of hydrogen-bond acceptors (Lipinski definition) is 4. The molecule has 0 saturated heterocycles. The molecule has 2 aromatic carbocycles. The van der Waals surface area contributed by atoms with Gasteiger partial charge in [0.05, 0.1) is 0 Å². The maximum Gasteiger partial charge on any atom is 0.192 e. The molecule has 0 aliphatic rings. The molecular weight excluding hydrogens is 340 g/mol. The summed E-state index contributed by atoms with van der Waals surface area (Å²) in [7, 11) is 0. The van der Waals surface area contributed by atoms with Gasteiger partial charge in [-0.2, -0.15) is 0 Å². The van der Waals surface area contributed by atoms with Gasteiger partial charge in [-0.05, 0) is 28.5 Å². The molecule has 0 radical (unpaired) electrons. The average Bonchev–Trinajstić information content (AvgIpc) is 3.10. The van der Waals surface area contributed by atoms with Crippen molar-refractivity contribution in [1.82, 2.24) is 19.7 Å². The fraction of sp³-hybridized carbons (Fsp3) is 0.0952. The van der Waals surface area contributed by atoms with Gasteiger partial charge in [-0.3, -0.25) is 9.55 Å². The molecule has 0 saturated carbocycles. The van der Waals surface area contributed by atoms with Gasteiger partial charge in [-0.1, -0.05) is 66.4 Å². The number of allylic oxidation sites excluding steroid dienone is 1. The number of thioether (sulfide) groups is 1. The second kappa shape index (κ2) is 7.54. The van der Waals surface area contributed by atoms with Crippen LogP contribution < -0.4 is 0 Å². The van der Waals surface area contributed by atoms with Crippen molar-refractivity contribution in [2.75, 3.05) is 0 Å². The molecule has 128 valence electrons. The van der Waals surface area contributed by atoms with Crippen LogP contribution in [0.1, 0.15) is 5.56 Å². The first-order valence-electron chi connectivity index (χ1n) is 8.42. The van der Waals surface area contributed by atoms with Crippen molar-refractivity contribution in [2.45, 2.75) is 17.5 Å². The van der Waals surface area contributed by atoms with Gasteiger partial charge in [-0.25, -0.2) is 0 Å². The Balaban J connectivity index is 1.64. The van der Waals surface area contributed by atoms with Crippen LogP contribution in [-0.4, -0.2) is 19.7 Å². The van der Waals surface area contributed by atoms with Crippen LogP contribution in [0.25, 0.3) is 22.3 Å². The van der Waals surface area contributed by atoms with Gasteiger partial charge in [0.2, 0.25) is 0 Å². The predicted octanol–water partition coefficient (Wildman–Crippen LogP) is 4.97. The van der Waals surface area contributed by atoms with Crippen molar-refractivity contribution < 1.29 is 0 Å². The van der Waals surface area contributed by atoms with Crippen LogP contribution in [0.15, 0.2) is 84.7 Å². The van der Waals surface area contributed by atoms with Gasteiger partial charge >= 0.3 is 0 Å². The minimum Gasteiger partial charge on any atom is -0.297 e. The first kappa shape index (κ1) is 16.5. The number of aromatic nitrogens is 4. The van der Waals surface area contributed by atoms with E-state index in [1.54, 1.807) is 18.0 Å². The van der Waals surface area contributed by atoms with E-state index in [-0.39, 0.29) is 0 Å². The van der Waals surface area contributed by atoms with Gasteiger partial charge in [0.25, 0.3) is 0 Å². The van der Waals surface area contributed by atoms with Crippen molar-refractivity contribution in [1.29, 1.82) is 0 Å². The second-order valence-electron chi connectivity index (χ2n) is 5.85. The molecule has 0 N–H and O–H groups in total. The molecule has 0 aliphatic carbocycles. The monoisotopic (exact) mass is 358 g/mol. The highest BCUT2D eigenvalue weighted by Gasteiger charge is 2.14. The first-order valence-corrected chi connectivity index (χ1v) is 9.40. The van der Waals surface area contributed by atoms with Crippen LogP contribution in [0.3, 0.4) is 0 Å². The van der Waals surface area contributed by atoms with Crippen LogP contribution in [0.4, 0.5) is 0 Å². The Labute approximate surface area is 156 Å². The maximum absolute atomic E-state index is 4.40. The highest BCUT2D eigenvalue weighted by molar-refractivity contribution is 7.98. The lowest BCUT2D eigenvalue weighted by Crippen LogP contribution is -2.01. The Kier molecular flexibility index (Phi) is 4.80. The molecule has 0 bridgehead atoms. The summed E-state index contributed by atoms with van der Waals surface area (Å²) in [5.74, 6) is 1.60. The molecule has 0 spiro atoms. The van der Waals surface area contributed by atoms with E-state index in [9.17, 15) is 0 Å². The summed E-state index contributed by atoms with van der Waals surface area (Å²) in [5.41, 5.74) is 2.11. The molecule has 0 aliphatic heterocycles. The molecule has 26 heavy (non-hydrogen) atoms. The fourth-order valence-electron chi connectivity index (χ4n) is 2.93. The van der Waals surface area contributed by atoms with Gasteiger partial charge in [0.1, 0.15) is 5.69 Å². The quantitative estimate of drug-likeness (QED) is 0.360. The molecule has 4 aromatic rings. The molecule has 2 heterocycles. The third kappa shape index (κ3) is 3.26. The zero-order valence-electron chi connectivity index (χ0n) is 14.2. The molecule has 5 heteroatoms. The van der Waals surface area contributed by atoms with E-state index in [1.165, 1.54) is 16.3 Å². The van der Waals surface area contributed by atoms with E-state index >= 15 is 0 Å². The first-order chi connectivity index (χ1) is 12.9. The van der Waals surface area contributed by atoms with Gasteiger partial charge < -0.3 is 0 Å². The van der Waals surface area contributed by atoms with E-state index in [2.05, 4.69) is 68.8 Å². The summed E-state index contributed by atoms with van der Waals surface area (Å²) in [6.45, 7) is 4.51. The minimum atomic E-state index is 0.650. The number of nitrogens with zero attached hydrogens (tertiary/aromatic N) is 4. The normalized spacial score (nSPS) is 10.9. The Morgan fingerprint density at radius 1 is 0.962 bits per heavy atom. The van der Waals surface area contributed by atoms with Crippen LogP contribution in [0, 0.1) is 0 Å². The van der Waals surface area contributed by atoms with Crippen LogP contribution in [0.5, 0.6) is 0 Å². The van der Waals surface area contributed by atoms with Gasteiger partial charge in [0.15, 0.2) is 11.0 Å². The smallest absolute Gasteiger partial charge is 0.192 e. The molecule has 4 rings (SSSR count). The summed E-state index contributed by atoms with van der Waals surface area (Å²) in [6, 6.07) is 20.7. The van der Waals surface area contributed by atoms with Crippen molar-refractivity contribution in [3.05, 3.63) is 85.1 Å². The highest BCUT2D eigenvalue weighted by Crippen LogP contribution is 2.28. The Hall–Kier alpha value is -2.92. The number of hydrogen-bond donors (Lipinski definition) is 0. The average molecular weight is 358 g/mol. The fourth-order valence-corrected chi connectivity index (χ4v) is 3.89.